The monoisotopic (exact) mass is 780 g/mol. The first-order valence-corrected chi connectivity index (χ1v) is 23.4. The van der Waals surface area contributed by atoms with Crippen molar-refractivity contribution in [3.63, 3.8) is 0 Å². The molecular formula is C46H40Cl2SiZr-2. The normalized spacial score (nSPS) is 15.2. The summed E-state index contributed by atoms with van der Waals surface area (Å²) < 4.78 is 0. The predicted molar refractivity (Wildman–Crippen MR) is 205 cm³/mol. The number of hydrogen-bond donors (Lipinski definition) is 0. The molecule has 0 radical (unpaired) electrons. The first kappa shape index (κ1) is 36.5. The van der Waals surface area contributed by atoms with Crippen molar-refractivity contribution in [2.45, 2.75) is 51.6 Å². The van der Waals surface area contributed by atoms with E-state index in [1.54, 1.807) is 23.3 Å². The molecule has 50 heavy (non-hydrogen) atoms. The van der Waals surface area contributed by atoms with Gasteiger partial charge in [-0.25, -0.2) is 0 Å². The smallest absolute Gasteiger partial charge is 0.00476 e. The van der Waals surface area contributed by atoms with E-state index in [0.717, 1.165) is 12.8 Å². The van der Waals surface area contributed by atoms with Gasteiger partial charge in [0.2, 0.25) is 0 Å². The van der Waals surface area contributed by atoms with Crippen LogP contribution in [0.1, 0.15) is 56.3 Å². The van der Waals surface area contributed by atoms with Crippen LogP contribution in [0.5, 0.6) is 0 Å². The summed E-state index contributed by atoms with van der Waals surface area (Å²) in [6, 6.07) is 49.7. The van der Waals surface area contributed by atoms with Crippen molar-refractivity contribution < 1.29 is 48.1 Å². The zero-order valence-electron chi connectivity index (χ0n) is 29.0. The molecule has 0 nitrogen and oxygen atoms in total. The molecule has 0 heterocycles. The molecule has 0 bridgehead atoms. The van der Waals surface area contributed by atoms with E-state index < -0.39 is 0 Å². The summed E-state index contributed by atoms with van der Waals surface area (Å²) in [6.07, 6.45) is 2.25. The largest absolute Gasteiger partial charge is 1.00 e. The van der Waals surface area contributed by atoms with E-state index in [1.807, 2.05) is 0 Å². The first-order chi connectivity index (χ1) is 23.4. The minimum Gasteiger partial charge on any atom is -1.00 e. The molecule has 0 spiro atoms. The van der Waals surface area contributed by atoms with Crippen LogP contribution in [0.3, 0.4) is 0 Å². The number of rotatable bonds is 2. The van der Waals surface area contributed by atoms with Gasteiger partial charge < -0.3 is 24.8 Å². The van der Waals surface area contributed by atoms with Crippen LogP contribution >= 0.6 is 0 Å². The molecule has 2 aliphatic rings. The van der Waals surface area contributed by atoms with Gasteiger partial charge in [-0.1, -0.05) is 110 Å². The van der Waals surface area contributed by atoms with Crippen LogP contribution in [0.4, 0.5) is 0 Å². The Morgan fingerprint density at radius 1 is 0.520 bits per heavy atom. The molecule has 0 saturated carbocycles. The molecule has 248 valence electrons. The Morgan fingerprint density at radius 3 is 1.26 bits per heavy atom. The molecule has 4 heteroatoms. The van der Waals surface area contributed by atoms with Crippen molar-refractivity contribution >= 4 is 48.5 Å². The molecule has 0 fully saturated rings. The Morgan fingerprint density at radius 2 is 0.860 bits per heavy atom. The minimum absolute atomic E-state index is 0. The Bertz CT molecular complexity index is 2320. The van der Waals surface area contributed by atoms with Gasteiger partial charge in [-0.3, -0.25) is 0 Å². The summed E-state index contributed by atoms with van der Waals surface area (Å²) in [7, 11) is 0. The standard InChI is InChI=1S/2C22H17.C2H6Si.2ClH.Zr/c2*1-14-11-16-7-4-9-18(20(16)12-14)21-13-17-8-2-5-15-6-3-10-19(21)22(15)17;1-3-2;;;/h2*2-12,21H,13H2,1H3;1-2H3;2*1H;/q2*-1;;;;+2/p-2. The summed E-state index contributed by atoms with van der Waals surface area (Å²) in [5.41, 5.74) is 11.9. The Balaban J connectivity index is 0.000000151. The van der Waals surface area contributed by atoms with Crippen LogP contribution in [-0.2, 0) is 36.2 Å². The second kappa shape index (κ2) is 15.1. The van der Waals surface area contributed by atoms with Crippen LogP contribution in [0.15, 0.2) is 133 Å². The molecule has 2 aliphatic carbocycles. The summed E-state index contributed by atoms with van der Waals surface area (Å²) in [5, 5.41) is 11.3. The molecule has 8 aromatic rings. The summed E-state index contributed by atoms with van der Waals surface area (Å²) in [4.78, 5) is 0. The van der Waals surface area contributed by atoms with E-state index >= 15 is 0 Å². The quantitative estimate of drug-likeness (QED) is 0.145. The summed E-state index contributed by atoms with van der Waals surface area (Å²) >= 11 is 1.74. The van der Waals surface area contributed by atoms with Crippen LogP contribution in [-0.4, -0.2) is 5.43 Å². The average Bonchev–Trinajstić information content (AvgIpc) is 3.85. The van der Waals surface area contributed by atoms with Gasteiger partial charge in [0.25, 0.3) is 0 Å². The van der Waals surface area contributed by atoms with Gasteiger partial charge in [0.05, 0.1) is 0 Å². The van der Waals surface area contributed by atoms with Gasteiger partial charge >= 0.3 is 41.9 Å². The van der Waals surface area contributed by atoms with Crippen molar-refractivity contribution in [2.75, 3.05) is 0 Å². The maximum atomic E-state index is 2.34. The fraction of sp³-hybridized carbons (Fsp3) is 0.174. The second-order valence-corrected chi connectivity index (χ2v) is 23.4. The van der Waals surface area contributed by atoms with Crippen molar-refractivity contribution in [3.05, 3.63) is 178 Å². The first-order valence-electron chi connectivity index (χ1n) is 17.2. The Hall–Kier alpha value is -3.26. The third-order valence-electron chi connectivity index (χ3n) is 10.3. The van der Waals surface area contributed by atoms with Gasteiger partial charge in [-0.2, -0.15) is 12.1 Å². The average molecular weight is 783 g/mol. The fourth-order valence-corrected chi connectivity index (χ4v) is 8.46. The Labute approximate surface area is 323 Å². The van der Waals surface area contributed by atoms with E-state index in [0.29, 0.717) is 11.8 Å². The maximum Gasteiger partial charge on any atom is 0.00476 e. The number of fused-ring (bicyclic) bond motifs is 2. The Kier molecular flexibility index (Phi) is 11.1. The topological polar surface area (TPSA) is 0 Å². The van der Waals surface area contributed by atoms with Crippen LogP contribution in [0.25, 0.3) is 43.1 Å². The second-order valence-electron chi connectivity index (χ2n) is 14.0. The van der Waals surface area contributed by atoms with Gasteiger partial charge in [0.1, 0.15) is 0 Å². The van der Waals surface area contributed by atoms with E-state index in [2.05, 4.69) is 160 Å². The van der Waals surface area contributed by atoms with E-state index in [-0.39, 0.29) is 30.2 Å². The van der Waals surface area contributed by atoms with Gasteiger partial charge in [-0.05, 0) is 56.6 Å². The molecule has 0 saturated heterocycles. The molecule has 2 atom stereocenters. The summed E-state index contributed by atoms with van der Waals surface area (Å²) in [5.74, 6) is 0.984. The zero-order chi connectivity index (χ0) is 32.9. The zero-order valence-corrected chi connectivity index (χ0v) is 34.0. The summed E-state index contributed by atoms with van der Waals surface area (Å²) in [6.45, 7) is 8.99. The molecule has 0 aliphatic heterocycles. The predicted octanol–water partition coefficient (Wildman–Crippen LogP) is 6.21. The van der Waals surface area contributed by atoms with Crippen molar-refractivity contribution in [1.82, 2.24) is 0 Å². The maximum absolute atomic E-state index is 2.34. The molecule has 10 rings (SSSR count). The van der Waals surface area contributed by atoms with Crippen molar-refractivity contribution in [1.29, 1.82) is 0 Å². The SMILES string of the molecule is C[Si](C)=[Zr+2].Cc1cc2c(C3Cc4cccc5cccc3c45)cccc2[cH-]1.Cc1cc2c(C3Cc4cccc5cccc3c45)cccc2[cH-]1.[Cl-].[Cl-]. The van der Waals surface area contributed by atoms with Crippen molar-refractivity contribution in [2.24, 2.45) is 0 Å². The number of halogens is 2. The van der Waals surface area contributed by atoms with Crippen molar-refractivity contribution in [3.8, 4) is 0 Å². The molecule has 0 N–H and O–H groups in total. The molecule has 0 amide bonds. The van der Waals surface area contributed by atoms with E-state index in [9.17, 15) is 0 Å². The third kappa shape index (κ3) is 6.73. The van der Waals surface area contributed by atoms with Gasteiger partial charge in [-0.15, -0.1) is 69.1 Å². The molecule has 0 aromatic heterocycles. The van der Waals surface area contributed by atoms with E-state index in [1.165, 1.54) is 87.6 Å². The number of hydrogen-bond acceptors (Lipinski definition) is 0. The fourth-order valence-electron chi connectivity index (χ4n) is 8.46. The van der Waals surface area contributed by atoms with Gasteiger partial charge in [0.15, 0.2) is 0 Å². The van der Waals surface area contributed by atoms with E-state index in [4.69, 9.17) is 0 Å². The molecular weight excluding hydrogens is 743 g/mol. The molecule has 8 aromatic carbocycles. The van der Waals surface area contributed by atoms with Crippen LogP contribution < -0.4 is 24.8 Å². The number of benzene rings is 6. The molecule has 2 unspecified atom stereocenters. The third-order valence-corrected chi connectivity index (χ3v) is 10.3. The number of aryl methyl sites for hydroxylation is 2. The van der Waals surface area contributed by atoms with Crippen LogP contribution in [0, 0.1) is 13.8 Å². The van der Waals surface area contributed by atoms with Crippen LogP contribution in [0.2, 0.25) is 13.1 Å². The van der Waals surface area contributed by atoms with Gasteiger partial charge in [0, 0.05) is 11.8 Å². The minimum atomic E-state index is 0.